The number of aromatic nitrogens is 1. The van der Waals surface area contributed by atoms with Gasteiger partial charge in [-0.15, -0.1) is 11.8 Å². The minimum absolute atomic E-state index is 0.0915. The first-order valence-corrected chi connectivity index (χ1v) is 13.4. The monoisotopic (exact) mass is 485 g/mol. The van der Waals surface area contributed by atoms with Crippen LogP contribution in [0.3, 0.4) is 0 Å². The Morgan fingerprint density at radius 1 is 0.914 bits per heavy atom. The van der Waals surface area contributed by atoms with Crippen LogP contribution < -0.4 is 10.4 Å². The van der Waals surface area contributed by atoms with Crippen LogP contribution in [0.25, 0.3) is 0 Å². The van der Waals surface area contributed by atoms with Gasteiger partial charge in [-0.25, -0.2) is 0 Å². The molecule has 3 aromatic rings. The Balaban J connectivity index is 1.53. The van der Waals surface area contributed by atoms with Gasteiger partial charge >= 0.3 is 0 Å². The van der Waals surface area contributed by atoms with Crippen LogP contribution in [0.5, 0.6) is 5.75 Å². The molecular formula is C28H27N3O3S. The predicted octanol–water partition coefficient (Wildman–Crippen LogP) is 4.78. The first-order valence-electron chi connectivity index (χ1n) is 12.5. The maximum Gasteiger partial charge on any atom is 0.278 e. The maximum atomic E-state index is 14.0. The smallest absolute Gasteiger partial charge is 0.278 e. The van der Waals surface area contributed by atoms with Crippen molar-refractivity contribution < 1.29 is 9.90 Å². The Hall–Kier alpha value is -3.19. The number of aromatic hydroxyl groups is 1. The number of nitrogens with zero attached hydrogens (tertiary/aromatic N) is 3. The second-order valence-corrected chi connectivity index (χ2v) is 11.2. The number of benzene rings is 2. The van der Waals surface area contributed by atoms with Gasteiger partial charge in [0.25, 0.3) is 5.91 Å². The molecule has 2 aromatic carbocycles. The number of amides is 1. The first kappa shape index (κ1) is 21.1. The molecule has 0 unspecified atom stereocenters. The molecule has 1 N–H and O–H groups in total. The topological polar surface area (TPSA) is 65.8 Å². The Morgan fingerprint density at radius 3 is 2.46 bits per heavy atom. The molecule has 2 fully saturated rings. The lowest BCUT2D eigenvalue weighted by Gasteiger charge is -2.61. The zero-order valence-corrected chi connectivity index (χ0v) is 20.2. The van der Waals surface area contributed by atoms with Crippen LogP contribution in [0, 0.1) is 0 Å². The largest absolute Gasteiger partial charge is 0.502 e. The lowest BCUT2D eigenvalue weighted by Crippen LogP contribution is -2.71. The van der Waals surface area contributed by atoms with Crippen LogP contribution in [-0.4, -0.2) is 32.3 Å². The summed E-state index contributed by atoms with van der Waals surface area (Å²) in [6.45, 7) is 0. The summed E-state index contributed by atoms with van der Waals surface area (Å²) in [7, 11) is 0. The second-order valence-electron chi connectivity index (χ2n) is 10.2. The van der Waals surface area contributed by atoms with E-state index in [2.05, 4.69) is 53.5 Å². The fourth-order valence-electron chi connectivity index (χ4n) is 6.70. The quantitative estimate of drug-likeness (QED) is 0.538. The first-order chi connectivity index (χ1) is 17.1. The summed E-state index contributed by atoms with van der Waals surface area (Å²) in [5.74, 6) is 0.202. The number of piperidine rings is 1. The second kappa shape index (κ2) is 7.65. The normalized spacial score (nSPS) is 24.1. The van der Waals surface area contributed by atoms with Crippen LogP contribution in [0.1, 0.15) is 71.7 Å². The van der Waals surface area contributed by atoms with E-state index in [4.69, 9.17) is 0 Å². The highest BCUT2D eigenvalue weighted by Crippen LogP contribution is 2.51. The van der Waals surface area contributed by atoms with Crippen molar-refractivity contribution in [3.63, 3.8) is 0 Å². The van der Waals surface area contributed by atoms with Gasteiger partial charge in [0.05, 0.1) is 6.04 Å². The molecule has 0 radical (unpaired) electrons. The Kier molecular flexibility index (Phi) is 4.62. The standard InChI is InChI=1S/C28H27N3O3S/c32-21-12-16-29-25(26(21)33)27(34)30-23(11-5-13-28(30)14-6-15-28)31(29)24-19-8-2-1-7-18(19)17-35-22-10-4-3-9-20(22)24/h1-4,7-10,12,16,23-24,33H,5-6,11,13-15,17H2/t23-,24+/m1/s1. The van der Waals surface area contributed by atoms with E-state index in [1.165, 1.54) is 27.7 Å². The Bertz CT molecular complexity index is 1370. The molecule has 178 valence electrons. The van der Waals surface area contributed by atoms with Gasteiger partial charge in [-0.3, -0.25) is 19.3 Å². The highest BCUT2D eigenvalue weighted by molar-refractivity contribution is 7.98. The molecule has 6 nitrogen and oxygen atoms in total. The van der Waals surface area contributed by atoms with Crippen molar-refractivity contribution in [2.45, 2.75) is 66.9 Å². The number of hydrogen-bond donors (Lipinski definition) is 1. The molecule has 7 heteroatoms. The lowest BCUT2D eigenvalue weighted by atomic mass is 9.69. The van der Waals surface area contributed by atoms with E-state index in [-0.39, 0.29) is 29.3 Å². The fourth-order valence-corrected chi connectivity index (χ4v) is 7.79. The van der Waals surface area contributed by atoms with Gasteiger partial charge in [-0.05, 0) is 61.3 Å². The van der Waals surface area contributed by atoms with Crippen molar-refractivity contribution in [2.75, 3.05) is 5.01 Å². The molecule has 1 aromatic heterocycles. The van der Waals surface area contributed by atoms with E-state index in [0.29, 0.717) is 0 Å². The Morgan fingerprint density at radius 2 is 1.66 bits per heavy atom. The fraction of sp³-hybridized carbons (Fsp3) is 0.357. The third kappa shape index (κ3) is 2.91. The molecule has 2 atom stereocenters. The Labute approximate surface area is 208 Å². The molecule has 0 bridgehead atoms. The lowest BCUT2D eigenvalue weighted by molar-refractivity contribution is -0.0496. The third-order valence-corrected chi connectivity index (χ3v) is 9.58. The van der Waals surface area contributed by atoms with Gasteiger partial charge in [0.15, 0.2) is 11.4 Å². The van der Waals surface area contributed by atoms with E-state index < -0.39 is 11.2 Å². The number of rotatable bonds is 1. The zero-order chi connectivity index (χ0) is 23.7. The molecule has 35 heavy (non-hydrogen) atoms. The van der Waals surface area contributed by atoms with Crippen molar-refractivity contribution in [3.05, 3.63) is 93.4 Å². The van der Waals surface area contributed by atoms with Crippen LogP contribution in [0.15, 0.2) is 70.5 Å². The summed E-state index contributed by atoms with van der Waals surface area (Å²) >= 11 is 1.84. The van der Waals surface area contributed by atoms with Crippen molar-refractivity contribution in [1.29, 1.82) is 0 Å². The van der Waals surface area contributed by atoms with E-state index in [1.807, 2.05) is 16.7 Å². The minimum atomic E-state index is -0.514. The molecule has 1 spiro atoms. The van der Waals surface area contributed by atoms with Gasteiger partial charge in [0, 0.05) is 28.5 Å². The van der Waals surface area contributed by atoms with Crippen molar-refractivity contribution >= 4 is 17.7 Å². The molecule has 3 aliphatic heterocycles. The van der Waals surface area contributed by atoms with Crippen LogP contribution in [-0.2, 0) is 5.75 Å². The molecule has 1 saturated carbocycles. The van der Waals surface area contributed by atoms with Crippen molar-refractivity contribution in [2.24, 2.45) is 0 Å². The molecular weight excluding hydrogens is 458 g/mol. The predicted molar refractivity (Wildman–Crippen MR) is 135 cm³/mol. The zero-order valence-electron chi connectivity index (χ0n) is 19.4. The highest BCUT2D eigenvalue weighted by Gasteiger charge is 2.56. The molecule has 1 saturated heterocycles. The molecule has 7 rings (SSSR count). The number of fused-ring (bicyclic) bond motifs is 5. The van der Waals surface area contributed by atoms with Gasteiger partial charge < -0.3 is 10.0 Å². The third-order valence-electron chi connectivity index (χ3n) is 8.44. The van der Waals surface area contributed by atoms with Gasteiger partial charge in [0.1, 0.15) is 6.17 Å². The van der Waals surface area contributed by atoms with Crippen LogP contribution >= 0.6 is 11.8 Å². The van der Waals surface area contributed by atoms with Crippen LogP contribution in [0.2, 0.25) is 0 Å². The summed E-state index contributed by atoms with van der Waals surface area (Å²) in [5, 5.41) is 13.2. The minimum Gasteiger partial charge on any atom is -0.502 e. The van der Waals surface area contributed by atoms with E-state index in [9.17, 15) is 14.7 Å². The van der Waals surface area contributed by atoms with E-state index in [1.54, 1.807) is 10.9 Å². The average Bonchev–Trinajstić information content (AvgIpc) is 3.02. The molecule has 4 aliphatic rings. The number of thioether (sulfide) groups is 1. The SMILES string of the molecule is O=C1c2c(O)c(=O)ccn2N([C@H]2c3ccccc3CSc3ccccc32)[C@@H]2CCCC3(CCC3)N12. The summed E-state index contributed by atoms with van der Waals surface area (Å²) in [4.78, 5) is 29.8. The average molecular weight is 486 g/mol. The van der Waals surface area contributed by atoms with Crippen LogP contribution in [0.4, 0.5) is 0 Å². The van der Waals surface area contributed by atoms with Gasteiger partial charge in [-0.1, -0.05) is 42.5 Å². The summed E-state index contributed by atoms with van der Waals surface area (Å²) in [6.07, 6.45) is 7.48. The number of pyridine rings is 1. The molecule has 4 heterocycles. The highest BCUT2D eigenvalue weighted by atomic mass is 32.2. The summed E-state index contributed by atoms with van der Waals surface area (Å²) < 4.78 is 1.78. The van der Waals surface area contributed by atoms with Crippen molar-refractivity contribution in [3.8, 4) is 5.75 Å². The number of carbonyl (C=O) groups excluding carboxylic acids is 1. The van der Waals surface area contributed by atoms with Gasteiger partial charge in [-0.2, -0.15) is 0 Å². The van der Waals surface area contributed by atoms with E-state index >= 15 is 0 Å². The van der Waals surface area contributed by atoms with Gasteiger partial charge in [0.2, 0.25) is 5.43 Å². The summed E-state index contributed by atoms with van der Waals surface area (Å²) in [5.41, 5.74) is 3.06. The molecule has 1 aliphatic carbocycles. The van der Waals surface area contributed by atoms with Crippen molar-refractivity contribution in [1.82, 2.24) is 9.58 Å². The summed E-state index contributed by atoms with van der Waals surface area (Å²) in [6, 6.07) is 18.3. The number of carbonyl (C=O) groups is 1. The number of hydrogen-bond acceptors (Lipinski definition) is 5. The van der Waals surface area contributed by atoms with E-state index in [0.717, 1.165) is 44.3 Å². The molecule has 1 amide bonds. The maximum absolute atomic E-state index is 14.0.